The summed E-state index contributed by atoms with van der Waals surface area (Å²) in [6.07, 6.45) is 2.79. The van der Waals surface area contributed by atoms with Crippen LogP contribution in [0.25, 0.3) is 0 Å². The SMILES string of the molecule is CCNC(=NCc1ccc(OC)c(C)c1)NC1CCN(c2ncccc2Cl)C1. The number of nitrogens with one attached hydrogen (secondary N) is 2. The molecule has 1 aliphatic heterocycles. The molecular formula is C21H28ClN5O. The van der Waals surface area contributed by atoms with Gasteiger partial charge in [0.2, 0.25) is 0 Å². The summed E-state index contributed by atoms with van der Waals surface area (Å²) in [5.74, 6) is 2.58. The second-order valence-electron chi connectivity index (χ2n) is 6.88. The van der Waals surface area contributed by atoms with Crippen LogP contribution in [0.15, 0.2) is 41.5 Å². The van der Waals surface area contributed by atoms with Gasteiger partial charge in [0, 0.05) is 31.9 Å². The van der Waals surface area contributed by atoms with E-state index in [9.17, 15) is 0 Å². The number of aromatic nitrogens is 1. The molecule has 0 saturated carbocycles. The third-order valence-electron chi connectivity index (χ3n) is 4.79. The number of rotatable bonds is 6. The molecule has 1 aromatic carbocycles. The summed E-state index contributed by atoms with van der Waals surface area (Å²) in [6, 6.07) is 10.2. The zero-order valence-corrected chi connectivity index (χ0v) is 17.5. The summed E-state index contributed by atoms with van der Waals surface area (Å²) in [6.45, 7) is 7.32. The van der Waals surface area contributed by atoms with Crippen LogP contribution in [0.4, 0.5) is 5.82 Å². The number of ether oxygens (including phenoxy) is 1. The topological polar surface area (TPSA) is 61.8 Å². The minimum absolute atomic E-state index is 0.300. The maximum absolute atomic E-state index is 6.29. The quantitative estimate of drug-likeness (QED) is 0.574. The summed E-state index contributed by atoms with van der Waals surface area (Å²) in [7, 11) is 1.69. The number of nitrogens with zero attached hydrogens (tertiary/aromatic N) is 3. The third-order valence-corrected chi connectivity index (χ3v) is 5.09. The Morgan fingerprint density at radius 2 is 2.25 bits per heavy atom. The molecule has 1 atom stereocenters. The van der Waals surface area contributed by atoms with Crippen LogP contribution >= 0.6 is 11.6 Å². The van der Waals surface area contributed by atoms with Crippen LogP contribution in [0.1, 0.15) is 24.5 Å². The molecule has 1 unspecified atom stereocenters. The molecular weight excluding hydrogens is 374 g/mol. The Morgan fingerprint density at radius 1 is 1.39 bits per heavy atom. The van der Waals surface area contributed by atoms with Gasteiger partial charge in [0.15, 0.2) is 5.96 Å². The minimum Gasteiger partial charge on any atom is -0.496 e. The summed E-state index contributed by atoms with van der Waals surface area (Å²) in [4.78, 5) is 11.4. The van der Waals surface area contributed by atoms with Gasteiger partial charge < -0.3 is 20.3 Å². The van der Waals surface area contributed by atoms with E-state index in [1.807, 2.05) is 25.1 Å². The largest absolute Gasteiger partial charge is 0.496 e. The third kappa shape index (κ3) is 5.07. The molecule has 2 N–H and O–H groups in total. The molecule has 0 bridgehead atoms. The number of aryl methyl sites for hydroxylation is 1. The Bertz CT molecular complexity index is 826. The number of aliphatic imine (C=N–C) groups is 1. The fraction of sp³-hybridized carbons (Fsp3) is 0.429. The molecule has 0 spiro atoms. The highest BCUT2D eigenvalue weighted by Crippen LogP contribution is 2.25. The molecule has 28 heavy (non-hydrogen) atoms. The first-order valence-corrected chi connectivity index (χ1v) is 10.0. The molecule has 6 nitrogen and oxygen atoms in total. The standard InChI is InChI=1S/C21H28ClN5O/c1-4-23-21(25-13-16-7-8-19(28-3)15(2)12-16)26-17-9-11-27(14-17)20-18(22)6-5-10-24-20/h5-8,10,12,17H,4,9,11,13-14H2,1-3H3,(H2,23,25,26). The normalized spacial score (nSPS) is 16.9. The minimum atomic E-state index is 0.300. The second-order valence-corrected chi connectivity index (χ2v) is 7.29. The molecule has 3 rings (SSSR count). The Hall–Kier alpha value is -2.47. The number of anilines is 1. The van der Waals surface area contributed by atoms with Crippen LogP contribution in [0.5, 0.6) is 5.75 Å². The molecule has 1 aliphatic rings. The summed E-state index contributed by atoms with van der Waals surface area (Å²) in [5.41, 5.74) is 2.27. The van der Waals surface area contributed by atoms with Crippen LogP contribution in [0.2, 0.25) is 5.02 Å². The lowest BCUT2D eigenvalue weighted by atomic mass is 10.1. The lowest BCUT2D eigenvalue weighted by molar-refractivity contribution is 0.411. The predicted molar refractivity (Wildman–Crippen MR) is 116 cm³/mol. The number of guanidine groups is 1. The van der Waals surface area contributed by atoms with E-state index in [1.54, 1.807) is 13.3 Å². The Labute approximate surface area is 172 Å². The first-order valence-electron chi connectivity index (χ1n) is 9.64. The van der Waals surface area contributed by atoms with Crippen LogP contribution in [0, 0.1) is 6.92 Å². The average molecular weight is 402 g/mol. The van der Waals surface area contributed by atoms with Crippen molar-refractivity contribution in [2.45, 2.75) is 32.9 Å². The van der Waals surface area contributed by atoms with Crippen LogP contribution < -0.4 is 20.3 Å². The Morgan fingerprint density at radius 3 is 2.96 bits per heavy atom. The molecule has 1 aromatic heterocycles. The van der Waals surface area contributed by atoms with Gasteiger partial charge in [-0.25, -0.2) is 9.98 Å². The first kappa shape index (κ1) is 20.3. The molecule has 2 heterocycles. The number of hydrogen-bond donors (Lipinski definition) is 2. The van der Waals surface area contributed by atoms with E-state index >= 15 is 0 Å². The van der Waals surface area contributed by atoms with Crippen molar-refractivity contribution in [2.24, 2.45) is 4.99 Å². The van der Waals surface area contributed by atoms with Gasteiger partial charge in [-0.05, 0) is 49.6 Å². The van der Waals surface area contributed by atoms with Crippen molar-refractivity contribution in [3.8, 4) is 5.75 Å². The summed E-state index contributed by atoms with van der Waals surface area (Å²) in [5, 5.41) is 7.58. The van der Waals surface area contributed by atoms with Crippen LogP contribution in [-0.2, 0) is 6.54 Å². The van der Waals surface area contributed by atoms with E-state index in [2.05, 4.69) is 39.6 Å². The number of hydrogen-bond acceptors (Lipinski definition) is 4. The van der Waals surface area contributed by atoms with E-state index in [1.165, 1.54) is 0 Å². The van der Waals surface area contributed by atoms with Gasteiger partial charge in [-0.1, -0.05) is 23.7 Å². The molecule has 1 fully saturated rings. The zero-order valence-electron chi connectivity index (χ0n) is 16.7. The van der Waals surface area contributed by atoms with E-state index in [4.69, 9.17) is 21.3 Å². The van der Waals surface area contributed by atoms with Crippen LogP contribution in [-0.4, -0.2) is 43.7 Å². The molecule has 150 valence electrons. The second kappa shape index (κ2) is 9.64. The lowest BCUT2D eigenvalue weighted by Gasteiger charge is -2.20. The van der Waals surface area contributed by atoms with Crippen molar-refractivity contribution >= 4 is 23.4 Å². The maximum Gasteiger partial charge on any atom is 0.191 e. The average Bonchev–Trinajstić information content (AvgIpc) is 3.15. The van der Waals surface area contributed by atoms with Gasteiger partial charge in [0.1, 0.15) is 11.6 Å². The Balaban J connectivity index is 1.62. The Kier molecular flexibility index (Phi) is 6.98. The van der Waals surface area contributed by atoms with Gasteiger partial charge in [-0.3, -0.25) is 0 Å². The molecule has 1 saturated heterocycles. The number of benzene rings is 1. The van der Waals surface area contributed by atoms with E-state index in [0.717, 1.165) is 54.7 Å². The highest BCUT2D eigenvalue weighted by atomic mass is 35.5. The van der Waals surface area contributed by atoms with Gasteiger partial charge >= 0.3 is 0 Å². The smallest absolute Gasteiger partial charge is 0.191 e. The highest BCUT2D eigenvalue weighted by molar-refractivity contribution is 6.32. The zero-order chi connectivity index (χ0) is 19.9. The fourth-order valence-electron chi connectivity index (χ4n) is 3.40. The van der Waals surface area contributed by atoms with Crippen molar-refractivity contribution in [1.29, 1.82) is 0 Å². The fourth-order valence-corrected chi connectivity index (χ4v) is 3.64. The summed E-state index contributed by atoms with van der Waals surface area (Å²) >= 11 is 6.29. The first-order chi connectivity index (χ1) is 13.6. The molecule has 0 amide bonds. The molecule has 0 radical (unpaired) electrons. The van der Waals surface area contributed by atoms with E-state index < -0.39 is 0 Å². The van der Waals surface area contributed by atoms with Gasteiger partial charge in [0.05, 0.1) is 18.7 Å². The molecule has 7 heteroatoms. The van der Waals surface area contributed by atoms with Gasteiger partial charge in [-0.2, -0.15) is 0 Å². The molecule has 0 aliphatic carbocycles. The van der Waals surface area contributed by atoms with Gasteiger partial charge in [-0.15, -0.1) is 0 Å². The number of methoxy groups -OCH3 is 1. The van der Waals surface area contributed by atoms with Crippen molar-refractivity contribution in [3.05, 3.63) is 52.7 Å². The van der Waals surface area contributed by atoms with Gasteiger partial charge in [0.25, 0.3) is 0 Å². The maximum atomic E-state index is 6.29. The van der Waals surface area contributed by atoms with Crippen molar-refractivity contribution in [1.82, 2.24) is 15.6 Å². The number of pyridine rings is 1. The van der Waals surface area contributed by atoms with E-state index in [-0.39, 0.29) is 0 Å². The van der Waals surface area contributed by atoms with Crippen molar-refractivity contribution in [3.63, 3.8) is 0 Å². The predicted octanol–water partition coefficient (Wildman–Crippen LogP) is 3.39. The molecule has 2 aromatic rings. The van der Waals surface area contributed by atoms with E-state index in [0.29, 0.717) is 17.6 Å². The van der Waals surface area contributed by atoms with Crippen molar-refractivity contribution < 1.29 is 4.74 Å². The van der Waals surface area contributed by atoms with Crippen LogP contribution in [0.3, 0.4) is 0 Å². The monoisotopic (exact) mass is 401 g/mol. The van der Waals surface area contributed by atoms with Crippen molar-refractivity contribution in [2.75, 3.05) is 31.6 Å². The highest BCUT2D eigenvalue weighted by Gasteiger charge is 2.25. The summed E-state index contributed by atoms with van der Waals surface area (Å²) < 4.78 is 5.33. The lowest BCUT2D eigenvalue weighted by Crippen LogP contribution is -2.44. The number of halogens is 1.